The van der Waals surface area contributed by atoms with Gasteiger partial charge in [-0.15, -0.1) is 0 Å². The van der Waals surface area contributed by atoms with Gasteiger partial charge in [-0.2, -0.15) is 5.10 Å². The third kappa shape index (κ3) is 1.93. The van der Waals surface area contributed by atoms with Gasteiger partial charge in [-0.05, 0) is 18.2 Å². The third-order valence-corrected chi connectivity index (χ3v) is 3.17. The zero-order valence-electron chi connectivity index (χ0n) is 10.9. The van der Waals surface area contributed by atoms with Crippen LogP contribution in [0.15, 0.2) is 48.8 Å². The van der Waals surface area contributed by atoms with Crippen LogP contribution in [-0.4, -0.2) is 14.8 Å². The number of nitrogens with two attached hydrogens (primary N) is 1. The molecule has 0 aliphatic carbocycles. The Morgan fingerprint density at radius 3 is 2.65 bits per heavy atom. The molecule has 3 rings (SSSR count). The molecule has 100 valence electrons. The number of aromatic nitrogens is 3. The smallest absolute Gasteiger partial charge is 0.132 e. The molecule has 0 radical (unpaired) electrons. The fourth-order valence-corrected chi connectivity index (χ4v) is 2.17. The Labute approximate surface area is 115 Å². The summed E-state index contributed by atoms with van der Waals surface area (Å²) in [5.74, 6) is 0.159. The summed E-state index contributed by atoms with van der Waals surface area (Å²) in [6.07, 6.45) is 3.37. The lowest BCUT2D eigenvalue weighted by atomic mass is 10.0. The van der Waals surface area contributed by atoms with Crippen molar-refractivity contribution < 1.29 is 4.39 Å². The second kappa shape index (κ2) is 4.77. The van der Waals surface area contributed by atoms with Crippen molar-refractivity contribution in [1.82, 2.24) is 14.8 Å². The van der Waals surface area contributed by atoms with Crippen LogP contribution in [0.4, 0.5) is 10.2 Å². The van der Waals surface area contributed by atoms with Gasteiger partial charge in [0.15, 0.2) is 0 Å². The minimum Gasteiger partial charge on any atom is -0.383 e. The molecule has 0 atom stereocenters. The van der Waals surface area contributed by atoms with E-state index in [2.05, 4.69) is 10.1 Å². The summed E-state index contributed by atoms with van der Waals surface area (Å²) in [6.45, 7) is 0. The molecule has 0 aliphatic rings. The first-order chi connectivity index (χ1) is 9.68. The first kappa shape index (κ1) is 12.3. The van der Waals surface area contributed by atoms with Gasteiger partial charge in [-0.3, -0.25) is 9.67 Å². The monoisotopic (exact) mass is 268 g/mol. The molecule has 0 amide bonds. The first-order valence-corrected chi connectivity index (χ1v) is 6.16. The fourth-order valence-electron chi connectivity index (χ4n) is 2.17. The molecule has 0 unspecified atom stereocenters. The van der Waals surface area contributed by atoms with E-state index in [-0.39, 0.29) is 5.82 Å². The zero-order valence-corrected chi connectivity index (χ0v) is 10.9. The number of nitrogens with zero attached hydrogens (tertiary/aromatic N) is 3. The van der Waals surface area contributed by atoms with Gasteiger partial charge in [0, 0.05) is 30.6 Å². The molecule has 0 spiro atoms. The minimum atomic E-state index is -0.323. The lowest BCUT2D eigenvalue weighted by molar-refractivity contribution is 0.630. The average Bonchev–Trinajstić information content (AvgIpc) is 2.76. The second-order valence-electron chi connectivity index (χ2n) is 4.45. The highest BCUT2D eigenvalue weighted by Gasteiger charge is 2.19. The number of rotatable bonds is 2. The Bertz CT molecular complexity index is 750. The highest BCUT2D eigenvalue weighted by Crippen LogP contribution is 2.36. The van der Waals surface area contributed by atoms with Crippen LogP contribution in [0.25, 0.3) is 22.4 Å². The van der Waals surface area contributed by atoms with Crippen LogP contribution < -0.4 is 5.73 Å². The Morgan fingerprint density at radius 1 is 1.15 bits per heavy atom. The molecule has 0 bridgehead atoms. The number of anilines is 1. The van der Waals surface area contributed by atoms with Crippen molar-refractivity contribution in [3.63, 3.8) is 0 Å². The molecule has 4 nitrogen and oxygen atoms in total. The van der Waals surface area contributed by atoms with Crippen LogP contribution in [0.1, 0.15) is 0 Å². The maximum Gasteiger partial charge on any atom is 0.132 e. The third-order valence-electron chi connectivity index (χ3n) is 3.17. The minimum absolute atomic E-state index is 0.323. The van der Waals surface area contributed by atoms with E-state index in [4.69, 9.17) is 5.73 Å². The Kier molecular flexibility index (Phi) is 2.95. The molecule has 1 aromatic carbocycles. The van der Waals surface area contributed by atoms with Gasteiger partial charge in [0.1, 0.15) is 17.3 Å². The van der Waals surface area contributed by atoms with Crippen molar-refractivity contribution in [2.24, 2.45) is 7.05 Å². The topological polar surface area (TPSA) is 56.7 Å². The van der Waals surface area contributed by atoms with Crippen LogP contribution in [0, 0.1) is 5.82 Å². The molecule has 0 fully saturated rings. The summed E-state index contributed by atoms with van der Waals surface area (Å²) in [5.41, 5.74) is 8.54. The normalized spacial score (nSPS) is 10.7. The van der Waals surface area contributed by atoms with E-state index >= 15 is 0 Å². The van der Waals surface area contributed by atoms with E-state index in [1.54, 1.807) is 42.3 Å². The molecule has 2 N–H and O–H groups in total. The Hall–Kier alpha value is -2.69. The summed E-state index contributed by atoms with van der Waals surface area (Å²) >= 11 is 0. The first-order valence-electron chi connectivity index (χ1n) is 6.16. The second-order valence-corrected chi connectivity index (χ2v) is 4.45. The van der Waals surface area contributed by atoms with Crippen molar-refractivity contribution in [2.45, 2.75) is 0 Å². The molecular weight excluding hydrogens is 255 g/mol. The standard InChI is InChI=1S/C15H13FN4/c1-20-15(17)13(10-5-4-8-18-9-10)14(19-20)11-6-2-3-7-12(11)16/h2-9H,17H2,1H3. The van der Waals surface area contributed by atoms with E-state index in [0.29, 0.717) is 22.6 Å². The highest BCUT2D eigenvalue weighted by atomic mass is 19.1. The Morgan fingerprint density at radius 2 is 1.95 bits per heavy atom. The predicted molar refractivity (Wildman–Crippen MR) is 76.2 cm³/mol. The van der Waals surface area contributed by atoms with Gasteiger partial charge in [0.2, 0.25) is 0 Å². The van der Waals surface area contributed by atoms with Crippen molar-refractivity contribution in [3.8, 4) is 22.4 Å². The maximum absolute atomic E-state index is 14.0. The number of halogens is 1. The predicted octanol–water partition coefficient (Wildman–Crippen LogP) is 2.87. The summed E-state index contributed by atoms with van der Waals surface area (Å²) in [5, 5.41) is 4.34. The molecule has 0 aliphatic heterocycles. The summed E-state index contributed by atoms with van der Waals surface area (Å²) in [4.78, 5) is 4.08. The molecule has 2 aromatic heterocycles. The van der Waals surface area contributed by atoms with Crippen molar-refractivity contribution >= 4 is 5.82 Å². The number of hydrogen-bond donors (Lipinski definition) is 1. The van der Waals surface area contributed by atoms with E-state index in [1.807, 2.05) is 12.1 Å². The van der Waals surface area contributed by atoms with Crippen LogP contribution in [-0.2, 0) is 7.05 Å². The number of pyridine rings is 1. The fraction of sp³-hybridized carbons (Fsp3) is 0.0667. The molecule has 0 saturated carbocycles. The molecule has 5 heteroatoms. The van der Waals surface area contributed by atoms with Crippen LogP contribution in [0.3, 0.4) is 0 Å². The number of hydrogen-bond acceptors (Lipinski definition) is 3. The van der Waals surface area contributed by atoms with Gasteiger partial charge >= 0.3 is 0 Å². The lowest BCUT2D eigenvalue weighted by Crippen LogP contribution is -1.98. The van der Waals surface area contributed by atoms with Gasteiger partial charge < -0.3 is 5.73 Å². The quantitative estimate of drug-likeness (QED) is 0.777. The van der Waals surface area contributed by atoms with E-state index in [1.165, 1.54) is 6.07 Å². The average molecular weight is 268 g/mol. The summed E-state index contributed by atoms with van der Waals surface area (Å²) in [7, 11) is 1.74. The Balaban J connectivity index is 2.28. The lowest BCUT2D eigenvalue weighted by Gasteiger charge is -2.04. The van der Waals surface area contributed by atoms with Gasteiger partial charge in [0.05, 0.1) is 5.56 Å². The molecule has 0 saturated heterocycles. The van der Waals surface area contributed by atoms with E-state index < -0.39 is 0 Å². The van der Waals surface area contributed by atoms with Crippen LogP contribution >= 0.6 is 0 Å². The zero-order chi connectivity index (χ0) is 14.1. The molecule has 2 heterocycles. The van der Waals surface area contributed by atoms with Crippen molar-refractivity contribution in [2.75, 3.05) is 5.73 Å². The molecule has 3 aromatic rings. The largest absolute Gasteiger partial charge is 0.383 e. The number of nitrogen functional groups attached to an aromatic ring is 1. The molecular formula is C15H13FN4. The van der Waals surface area contributed by atoms with Crippen LogP contribution in [0.2, 0.25) is 0 Å². The number of aryl methyl sites for hydroxylation is 1. The molecule has 20 heavy (non-hydrogen) atoms. The van der Waals surface area contributed by atoms with Crippen molar-refractivity contribution in [3.05, 3.63) is 54.6 Å². The van der Waals surface area contributed by atoms with Gasteiger partial charge in [-0.1, -0.05) is 18.2 Å². The summed E-state index contributed by atoms with van der Waals surface area (Å²) < 4.78 is 15.6. The van der Waals surface area contributed by atoms with Crippen LogP contribution in [0.5, 0.6) is 0 Å². The van der Waals surface area contributed by atoms with Gasteiger partial charge in [0.25, 0.3) is 0 Å². The highest BCUT2D eigenvalue weighted by molar-refractivity contribution is 5.87. The van der Waals surface area contributed by atoms with Crippen molar-refractivity contribution in [1.29, 1.82) is 0 Å². The van der Waals surface area contributed by atoms with E-state index in [0.717, 1.165) is 5.56 Å². The number of benzene rings is 1. The van der Waals surface area contributed by atoms with Gasteiger partial charge in [-0.25, -0.2) is 4.39 Å². The maximum atomic E-state index is 14.0. The summed E-state index contributed by atoms with van der Waals surface area (Å²) in [6, 6.07) is 10.2. The SMILES string of the molecule is Cn1nc(-c2ccccc2F)c(-c2cccnc2)c1N. The van der Waals surface area contributed by atoms with E-state index in [9.17, 15) is 4.39 Å².